The Morgan fingerprint density at radius 3 is 2.33 bits per heavy atom. The van der Waals surface area contributed by atoms with Gasteiger partial charge < -0.3 is 10.2 Å². The van der Waals surface area contributed by atoms with Gasteiger partial charge in [0.2, 0.25) is 0 Å². The number of β-amino-alcohol motifs (C(OH)–C–C–N with tert-alkyl or cyclic N) is 2. The Morgan fingerprint density at radius 2 is 1.92 bits per heavy atom. The first-order chi connectivity index (χ1) is 5.63. The number of rotatable bonds is 3. The minimum absolute atomic E-state index is 0.536. The van der Waals surface area contributed by atoms with Crippen molar-refractivity contribution in [3.63, 3.8) is 0 Å². The van der Waals surface area contributed by atoms with Crippen LogP contribution in [0.5, 0.6) is 0 Å². The average Bonchev–Trinajstić information content (AvgIpc) is 2.31. The van der Waals surface area contributed by atoms with Gasteiger partial charge in [0.05, 0.1) is 12.2 Å². The molecule has 4 heteroatoms. The van der Waals surface area contributed by atoms with Gasteiger partial charge in [-0.05, 0) is 0 Å². The number of thiol groups is 1. The molecule has 1 aliphatic rings. The molecule has 2 N–H and O–H groups in total. The first-order valence-corrected chi connectivity index (χ1v) is 4.62. The lowest BCUT2D eigenvalue weighted by Crippen LogP contribution is -2.24. The summed E-state index contributed by atoms with van der Waals surface area (Å²) in [6, 6.07) is 0. The second-order valence-corrected chi connectivity index (χ2v) is 3.55. The highest BCUT2D eigenvalue weighted by Crippen LogP contribution is 2.11. The molecule has 0 aromatic rings. The molecule has 0 radical (unpaired) electrons. The van der Waals surface area contributed by atoms with Gasteiger partial charge in [-0.15, -0.1) is 0 Å². The maximum atomic E-state index is 9.21. The van der Waals surface area contributed by atoms with Crippen molar-refractivity contribution >= 4 is 12.6 Å². The molecular formula is C8H15NO2S. The van der Waals surface area contributed by atoms with Gasteiger partial charge in [-0.25, -0.2) is 0 Å². The van der Waals surface area contributed by atoms with E-state index in [0.717, 1.165) is 12.1 Å². The maximum absolute atomic E-state index is 9.21. The lowest BCUT2D eigenvalue weighted by molar-refractivity contribution is 0.0572. The predicted molar refractivity (Wildman–Crippen MR) is 51.4 cm³/mol. The van der Waals surface area contributed by atoms with Crippen molar-refractivity contribution in [1.82, 2.24) is 4.90 Å². The topological polar surface area (TPSA) is 43.7 Å². The molecule has 0 amide bonds. The fourth-order valence-electron chi connectivity index (χ4n) is 1.34. The highest BCUT2D eigenvalue weighted by atomic mass is 32.1. The molecule has 0 aliphatic carbocycles. The number of aliphatic hydroxyl groups is 2. The summed E-state index contributed by atoms with van der Waals surface area (Å²) in [5.41, 5.74) is 1.01. The molecule has 1 rings (SSSR count). The summed E-state index contributed by atoms with van der Waals surface area (Å²) >= 11 is 4.08. The van der Waals surface area contributed by atoms with E-state index in [9.17, 15) is 10.2 Å². The summed E-state index contributed by atoms with van der Waals surface area (Å²) in [4.78, 5) is 1.98. The quantitative estimate of drug-likeness (QED) is 0.414. The number of likely N-dealkylation sites (tertiary alicyclic amines) is 1. The monoisotopic (exact) mass is 189 g/mol. The zero-order chi connectivity index (χ0) is 9.14. The third-order valence-electron chi connectivity index (χ3n) is 2.01. The van der Waals surface area contributed by atoms with Gasteiger partial charge >= 0.3 is 0 Å². The predicted octanol–water partition coefficient (Wildman–Crippen LogP) is -0.490. The van der Waals surface area contributed by atoms with Crippen molar-refractivity contribution in [3.05, 3.63) is 12.2 Å². The molecule has 2 unspecified atom stereocenters. The Kier molecular flexibility index (Phi) is 3.58. The van der Waals surface area contributed by atoms with Crippen LogP contribution in [-0.4, -0.2) is 52.7 Å². The number of hydrogen-bond acceptors (Lipinski definition) is 4. The SMILES string of the molecule is C=C(CS)CN1CC(O)C(O)C1. The summed E-state index contributed by atoms with van der Waals surface area (Å²) in [5, 5.41) is 18.4. The maximum Gasteiger partial charge on any atom is 0.0938 e. The van der Waals surface area contributed by atoms with Gasteiger partial charge in [0, 0.05) is 25.4 Å². The lowest BCUT2D eigenvalue weighted by Gasteiger charge is -2.14. The molecule has 70 valence electrons. The molecule has 1 aliphatic heterocycles. The summed E-state index contributed by atoms with van der Waals surface area (Å²) in [6.45, 7) is 5.60. The van der Waals surface area contributed by atoms with Gasteiger partial charge in [-0.1, -0.05) is 12.2 Å². The lowest BCUT2D eigenvalue weighted by atomic mass is 10.3. The highest BCUT2D eigenvalue weighted by molar-refractivity contribution is 7.80. The molecule has 0 spiro atoms. The van der Waals surface area contributed by atoms with Crippen molar-refractivity contribution in [2.75, 3.05) is 25.4 Å². The molecule has 3 nitrogen and oxygen atoms in total. The summed E-state index contributed by atoms with van der Waals surface area (Å²) in [7, 11) is 0. The van der Waals surface area contributed by atoms with Crippen LogP contribution in [0.4, 0.5) is 0 Å². The van der Waals surface area contributed by atoms with Gasteiger partial charge in [0.1, 0.15) is 0 Å². The largest absolute Gasteiger partial charge is 0.389 e. The minimum atomic E-state index is -0.599. The third-order valence-corrected chi connectivity index (χ3v) is 2.45. The first-order valence-electron chi connectivity index (χ1n) is 3.99. The number of aliphatic hydroxyl groups excluding tert-OH is 2. The van der Waals surface area contributed by atoms with Gasteiger partial charge in [-0.3, -0.25) is 4.90 Å². The molecule has 0 aromatic carbocycles. The second kappa shape index (κ2) is 4.28. The molecule has 0 aromatic heterocycles. The highest BCUT2D eigenvalue weighted by Gasteiger charge is 2.29. The van der Waals surface area contributed by atoms with Gasteiger partial charge in [0.25, 0.3) is 0 Å². The van der Waals surface area contributed by atoms with Crippen LogP contribution < -0.4 is 0 Å². The van der Waals surface area contributed by atoms with Crippen molar-refractivity contribution < 1.29 is 10.2 Å². The van der Waals surface area contributed by atoms with Crippen LogP contribution in [0.1, 0.15) is 0 Å². The minimum Gasteiger partial charge on any atom is -0.389 e. The standard InChI is InChI=1S/C8H15NO2S/c1-6(5-12)2-9-3-7(10)8(11)4-9/h7-8,10-12H,1-5H2. The molecule has 2 atom stereocenters. The van der Waals surface area contributed by atoms with Crippen LogP contribution in [0, 0.1) is 0 Å². The molecule has 1 saturated heterocycles. The zero-order valence-electron chi connectivity index (χ0n) is 6.98. The molecule has 0 saturated carbocycles. The zero-order valence-corrected chi connectivity index (χ0v) is 7.87. The Bertz CT molecular complexity index is 164. The Morgan fingerprint density at radius 1 is 1.42 bits per heavy atom. The summed E-state index contributed by atoms with van der Waals surface area (Å²) < 4.78 is 0. The average molecular weight is 189 g/mol. The van der Waals surface area contributed by atoms with E-state index in [1.165, 1.54) is 0 Å². The Labute approximate surface area is 78.1 Å². The van der Waals surface area contributed by atoms with Crippen molar-refractivity contribution in [1.29, 1.82) is 0 Å². The third kappa shape index (κ3) is 2.48. The van der Waals surface area contributed by atoms with E-state index in [2.05, 4.69) is 19.2 Å². The van der Waals surface area contributed by atoms with Crippen molar-refractivity contribution in [3.8, 4) is 0 Å². The van der Waals surface area contributed by atoms with E-state index in [-0.39, 0.29) is 0 Å². The van der Waals surface area contributed by atoms with Crippen LogP contribution in [0.15, 0.2) is 12.2 Å². The van der Waals surface area contributed by atoms with Crippen LogP contribution in [0.2, 0.25) is 0 Å². The normalized spacial score (nSPS) is 30.9. The van der Waals surface area contributed by atoms with E-state index < -0.39 is 12.2 Å². The first kappa shape index (κ1) is 10.1. The van der Waals surface area contributed by atoms with Crippen molar-refractivity contribution in [2.24, 2.45) is 0 Å². The molecular weight excluding hydrogens is 174 g/mol. The van der Waals surface area contributed by atoms with Crippen LogP contribution in [0.3, 0.4) is 0 Å². The summed E-state index contributed by atoms with van der Waals surface area (Å²) in [6.07, 6.45) is -1.20. The smallest absolute Gasteiger partial charge is 0.0938 e. The Hall–Kier alpha value is -0.0300. The van der Waals surface area contributed by atoms with E-state index in [0.29, 0.717) is 18.8 Å². The van der Waals surface area contributed by atoms with Gasteiger partial charge in [0.15, 0.2) is 0 Å². The Balaban J connectivity index is 2.32. The molecule has 1 heterocycles. The molecule has 12 heavy (non-hydrogen) atoms. The molecule has 0 bridgehead atoms. The van der Waals surface area contributed by atoms with Crippen LogP contribution >= 0.6 is 12.6 Å². The van der Waals surface area contributed by atoms with E-state index in [1.54, 1.807) is 0 Å². The number of hydrogen-bond donors (Lipinski definition) is 3. The van der Waals surface area contributed by atoms with Gasteiger partial charge in [-0.2, -0.15) is 12.6 Å². The van der Waals surface area contributed by atoms with Crippen molar-refractivity contribution in [2.45, 2.75) is 12.2 Å². The van der Waals surface area contributed by atoms with Crippen LogP contribution in [-0.2, 0) is 0 Å². The molecule has 1 fully saturated rings. The fraction of sp³-hybridized carbons (Fsp3) is 0.750. The van der Waals surface area contributed by atoms with E-state index in [4.69, 9.17) is 0 Å². The second-order valence-electron chi connectivity index (χ2n) is 3.24. The van der Waals surface area contributed by atoms with E-state index >= 15 is 0 Å². The summed E-state index contributed by atoms with van der Waals surface area (Å²) in [5.74, 6) is 0.655. The van der Waals surface area contributed by atoms with E-state index in [1.807, 2.05) is 4.90 Å². The van der Waals surface area contributed by atoms with Crippen LogP contribution in [0.25, 0.3) is 0 Å². The fourth-order valence-corrected chi connectivity index (χ4v) is 1.44. The number of nitrogens with zero attached hydrogens (tertiary/aromatic N) is 1.